The summed E-state index contributed by atoms with van der Waals surface area (Å²) < 4.78 is 2.20. The molecule has 0 unspecified atom stereocenters. The maximum absolute atomic E-state index is 10.2. The van der Waals surface area contributed by atoms with Crippen LogP contribution in [0.4, 0.5) is 5.69 Å². The average Bonchev–Trinajstić information content (AvgIpc) is 3.52. The highest BCUT2D eigenvalue weighted by molar-refractivity contribution is 7.20. The van der Waals surface area contributed by atoms with E-state index in [0.29, 0.717) is 16.8 Å². The molecule has 0 radical (unpaired) electrons. The zero-order valence-electron chi connectivity index (χ0n) is 27.0. The van der Waals surface area contributed by atoms with E-state index < -0.39 is 8.07 Å². The lowest BCUT2D eigenvalue weighted by atomic mass is 10.0. The van der Waals surface area contributed by atoms with Crippen LogP contribution in [0.3, 0.4) is 0 Å². The third-order valence-corrected chi connectivity index (χ3v) is 14.4. The lowest BCUT2D eigenvalue weighted by molar-refractivity contribution is 1.18. The molecular formula is C45H28N4Si. The molecule has 8 rings (SSSR count). The van der Waals surface area contributed by atoms with Gasteiger partial charge in [0, 0.05) is 11.1 Å². The molecule has 8 aromatic rings. The predicted octanol–water partition coefficient (Wildman–Crippen LogP) is 8.12. The Balaban J connectivity index is 1.44. The van der Waals surface area contributed by atoms with Crippen molar-refractivity contribution < 1.29 is 0 Å². The molecule has 0 aliphatic heterocycles. The van der Waals surface area contributed by atoms with Gasteiger partial charge in [0.05, 0.1) is 40.9 Å². The second kappa shape index (κ2) is 12.6. The van der Waals surface area contributed by atoms with Crippen LogP contribution in [0.5, 0.6) is 0 Å². The van der Waals surface area contributed by atoms with Crippen molar-refractivity contribution in [2.75, 3.05) is 0 Å². The van der Waals surface area contributed by atoms with Crippen LogP contribution < -0.4 is 20.7 Å². The summed E-state index contributed by atoms with van der Waals surface area (Å²) in [6, 6.07) is 63.2. The molecule has 0 spiro atoms. The third-order valence-electron chi connectivity index (χ3n) is 9.60. The summed E-state index contributed by atoms with van der Waals surface area (Å²) in [6.07, 6.45) is 0. The van der Waals surface area contributed by atoms with Crippen molar-refractivity contribution >= 4 is 56.3 Å². The minimum Gasteiger partial charge on any atom is -0.309 e. The molecule has 0 aliphatic carbocycles. The Morgan fingerprint density at radius 1 is 0.520 bits per heavy atom. The van der Waals surface area contributed by atoms with E-state index in [9.17, 15) is 10.5 Å². The normalized spacial score (nSPS) is 11.1. The van der Waals surface area contributed by atoms with Crippen LogP contribution in [-0.2, 0) is 0 Å². The van der Waals surface area contributed by atoms with Crippen molar-refractivity contribution in [2.24, 2.45) is 0 Å². The number of nitriles is 2. The Bertz CT molecular complexity index is 2510. The number of fused-ring (bicyclic) bond motifs is 3. The highest BCUT2D eigenvalue weighted by Crippen LogP contribution is 2.36. The van der Waals surface area contributed by atoms with Crippen LogP contribution in [0, 0.1) is 29.2 Å². The molecule has 232 valence electrons. The predicted molar refractivity (Wildman–Crippen MR) is 206 cm³/mol. The molecular weight excluding hydrogens is 625 g/mol. The Hall–Kier alpha value is -6.97. The minimum absolute atomic E-state index is 0.551. The molecule has 0 atom stereocenters. The van der Waals surface area contributed by atoms with Crippen LogP contribution >= 0.6 is 0 Å². The maximum Gasteiger partial charge on any atom is 0.188 e. The van der Waals surface area contributed by atoms with Crippen molar-refractivity contribution in [1.29, 1.82) is 10.5 Å². The number of hydrogen-bond donors (Lipinski definition) is 0. The van der Waals surface area contributed by atoms with Gasteiger partial charge >= 0.3 is 0 Å². The number of rotatable bonds is 6. The molecule has 7 aromatic carbocycles. The monoisotopic (exact) mass is 652 g/mol. The van der Waals surface area contributed by atoms with Gasteiger partial charge in [0.1, 0.15) is 0 Å². The van der Waals surface area contributed by atoms with E-state index in [0.717, 1.165) is 38.6 Å². The molecule has 0 bridgehead atoms. The fourth-order valence-electron chi connectivity index (χ4n) is 7.45. The van der Waals surface area contributed by atoms with Crippen molar-refractivity contribution in [1.82, 2.24) is 4.57 Å². The second-order valence-corrected chi connectivity index (χ2v) is 16.0. The summed E-state index contributed by atoms with van der Waals surface area (Å²) in [4.78, 5) is 3.68. The van der Waals surface area contributed by atoms with Gasteiger partial charge in [-0.1, -0.05) is 115 Å². The van der Waals surface area contributed by atoms with E-state index in [1.165, 1.54) is 20.7 Å². The van der Waals surface area contributed by atoms with Gasteiger partial charge in [0.15, 0.2) is 13.8 Å². The van der Waals surface area contributed by atoms with Gasteiger partial charge < -0.3 is 4.57 Å². The van der Waals surface area contributed by atoms with Gasteiger partial charge in [-0.2, -0.15) is 10.5 Å². The molecule has 0 saturated carbocycles. The van der Waals surface area contributed by atoms with Gasteiger partial charge in [-0.05, 0) is 91.9 Å². The van der Waals surface area contributed by atoms with Gasteiger partial charge in [0.2, 0.25) is 0 Å². The Morgan fingerprint density at radius 2 is 1.06 bits per heavy atom. The fraction of sp³-hybridized carbons (Fsp3) is 0. The second-order valence-electron chi connectivity index (χ2n) is 12.3. The van der Waals surface area contributed by atoms with Gasteiger partial charge in [-0.25, -0.2) is 4.85 Å². The molecule has 1 heterocycles. The summed E-state index contributed by atoms with van der Waals surface area (Å²) in [7, 11) is -2.93. The zero-order chi connectivity index (χ0) is 34.1. The van der Waals surface area contributed by atoms with E-state index in [-0.39, 0.29) is 0 Å². The smallest absolute Gasteiger partial charge is 0.188 e. The Labute approximate surface area is 291 Å². The summed E-state index contributed by atoms with van der Waals surface area (Å²) in [5.41, 5.74) is 6.57. The Morgan fingerprint density at radius 3 is 1.64 bits per heavy atom. The lowest BCUT2D eigenvalue weighted by Crippen LogP contribution is -2.75. The van der Waals surface area contributed by atoms with Crippen molar-refractivity contribution in [3.63, 3.8) is 0 Å². The first kappa shape index (κ1) is 30.4. The molecule has 50 heavy (non-hydrogen) atoms. The molecule has 5 heteroatoms. The van der Waals surface area contributed by atoms with E-state index in [1.807, 2.05) is 48.5 Å². The molecule has 0 N–H and O–H groups in total. The van der Waals surface area contributed by atoms with Crippen LogP contribution in [0.1, 0.15) is 11.1 Å². The van der Waals surface area contributed by atoms with E-state index in [1.54, 1.807) is 0 Å². The fourth-order valence-corrected chi connectivity index (χ4v) is 12.4. The van der Waals surface area contributed by atoms with E-state index >= 15 is 0 Å². The number of benzene rings is 7. The maximum atomic E-state index is 10.2. The highest BCUT2D eigenvalue weighted by atomic mass is 28.3. The van der Waals surface area contributed by atoms with E-state index in [4.69, 9.17) is 6.57 Å². The molecule has 4 nitrogen and oxygen atoms in total. The number of aromatic nitrogens is 1. The standard InChI is InChI=1S/C45H28N4Si/c1-48-35-22-24-44-42(29-35)41-27-32(30-46)20-23-43(41)49(44)36-13-11-12-34(28-36)40-26-33(31-47)21-25-45(40)50(37-14-5-2-6-15-37,38-16-7-3-8-17-38)39-18-9-4-10-19-39/h2-29H. The molecule has 0 saturated heterocycles. The third kappa shape index (κ3) is 4.88. The van der Waals surface area contributed by atoms with Crippen LogP contribution in [0.25, 0.3) is 43.5 Å². The number of hydrogen-bond acceptors (Lipinski definition) is 2. The molecule has 0 fully saturated rings. The highest BCUT2D eigenvalue weighted by Gasteiger charge is 2.43. The van der Waals surface area contributed by atoms with Gasteiger partial charge in [-0.3, -0.25) is 0 Å². The minimum atomic E-state index is -2.93. The van der Waals surface area contributed by atoms with Gasteiger partial charge in [0.25, 0.3) is 0 Å². The Kier molecular flexibility index (Phi) is 7.63. The van der Waals surface area contributed by atoms with Crippen molar-refractivity contribution in [2.45, 2.75) is 0 Å². The number of nitrogens with zero attached hydrogens (tertiary/aromatic N) is 4. The topological polar surface area (TPSA) is 56.9 Å². The van der Waals surface area contributed by atoms with E-state index in [2.05, 4.69) is 143 Å². The quantitative estimate of drug-likeness (QED) is 0.104. The first-order valence-electron chi connectivity index (χ1n) is 16.3. The van der Waals surface area contributed by atoms with Crippen LogP contribution in [-0.4, -0.2) is 12.6 Å². The lowest BCUT2D eigenvalue weighted by Gasteiger charge is -2.36. The first-order chi connectivity index (χ1) is 24.6. The largest absolute Gasteiger partial charge is 0.309 e. The summed E-state index contributed by atoms with van der Waals surface area (Å²) >= 11 is 0. The SMILES string of the molecule is [C-]#[N+]c1ccc2c(c1)c1cc(C#N)ccc1n2-c1cccc(-c2cc(C#N)ccc2[Si](c2ccccc2)(c2ccccc2)c2ccccc2)c1. The van der Waals surface area contributed by atoms with Crippen LogP contribution in [0.2, 0.25) is 0 Å². The first-order valence-corrected chi connectivity index (χ1v) is 18.3. The zero-order valence-corrected chi connectivity index (χ0v) is 28.0. The van der Waals surface area contributed by atoms with Crippen LogP contribution in [0.15, 0.2) is 170 Å². The summed E-state index contributed by atoms with van der Waals surface area (Å²) in [6.45, 7) is 7.64. The van der Waals surface area contributed by atoms with Gasteiger partial charge in [-0.15, -0.1) is 0 Å². The molecule has 0 aliphatic rings. The summed E-state index contributed by atoms with van der Waals surface area (Å²) in [5, 5.41) is 26.7. The summed E-state index contributed by atoms with van der Waals surface area (Å²) in [5.74, 6) is 0. The molecule has 0 amide bonds. The molecule has 1 aromatic heterocycles. The van der Waals surface area contributed by atoms with Crippen molar-refractivity contribution in [3.8, 4) is 29.0 Å². The van der Waals surface area contributed by atoms with Crippen molar-refractivity contribution in [3.05, 3.63) is 192 Å². The average molecular weight is 653 g/mol.